The first-order chi connectivity index (χ1) is 6.44. The monoisotopic (exact) mass is 194 g/mol. The maximum atomic E-state index is 11.4. The summed E-state index contributed by atoms with van der Waals surface area (Å²) < 4.78 is 4.89. The molecule has 6 nitrogen and oxygen atoms in total. The van der Waals surface area contributed by atoms with Crippen molar-refractivity contribution in [3.8, 4) is 6.07 Å². The summed E-state index contributed by atoms with van der Waals surface area (Å²) in [7, 11) is 0. The minimum absolute atomic E-state index is 0.133. The predicted molar refractivity (Wildman–Crippen MR) is 46.2 cm³/mol. The topological polar surface area (TPSA) is 91.8 Å². The number of hydrogen-bond donors (Lipinski definition) is 1. The number of amides is 1. The molecule has 74 valence electrons. The molecule has 1 amide bonds. The first-order valence-electron chi connectivity index (χ1n) is 3.98. The first-order valence-corrected chi connectivity index (χ1v) is 3.98. The zero-order valence-corrected chi connectivity index (χ0v) is 8.16. The molecular formula is C8H10N4O2. The van der Waals surface area contributed by atoms with E-state index in [1.54, 1.807) is 20.8 Å². The Balaban J connectivity index is 2.74. The highest BCUT2D eigenvalue weighted by molar-refractivity contribution is 5.90. The first kappa shape index (κ1) is 10.2. The number of aryl methyl sites for hydroxylation is 1. The van der Waals surface area contributed by atoms with Crippen molar-refractivity contribution in [2.24, 2.45) is 0 Å². The van der Waals surface area contributed by atoms with Crippen molar-refractivity contribution >= 4 is 5.91 Å². The van der Waals surface area contributed by atoms with Gasteiger partial charge in [-0.2, -0.15) is 5.26 Å². The molecule has 1 N–H and O–H groups in total. The van der Waals surface area contributed by atoms with Gasteiger partial charge in [-0.3, -0.25) is 4.79 Å². The summed E-state index contributed by atoms with van der Waals surface area (Å²) in [5, 5.41) is 18.1. The van der Waals surface area contributed by atoms with Gasteiger partial charge in [-0.15, -0.1) is 10.2 Å². The molecule has 0 aliphatic rings. The van der Waals surface area contributed by atoms with E-state index in [-0.39, 0.29) is 5.89 Å². The third-order valence-electron chi connectivity index (χ3n) is 1.43. The van der Waals surface area contributed by atoms with Crippen LogP contribution in [0.15, 0.2) is 4.42 Å². The van der Waals surface area contributed by atoms with Crippen LogP contribution in [0.5, 0.6) is 0 Å². The lowest BCUT2D eigenvalue weighted by Crippen LogP contribution is -2.42. The number of carbonyl (C=O) groups excluding carboxylic acids is 1. The van der Waals surface area contributed by atoms with Gasteiger partial charge in [-0.1, -0.05) is 0 Å². The van der Waals surface area contributed by atoms with Gasteiger partial charge < -0.3 is 9.73 Å². The van der Waals surface area contributed by atoms with Gasteiger partial charge in [0.15, 0.2) is 0 Å². The molecule has 1 heterocycles. The number of rotatable bonds is 2. The van der Waals surface area contributed by atoms with E-state index in [1.807, 2.05) is 6.07 Å². The fourth-order valence-electron chi connectivity index (χ4n) is 0.754. The summed E-state index contributed by atoms with van der Waals surface area (Å²) in [6.07, 6.45) is 0. The number of aromatic nitrogens is 2. The van der Waals surface area contributed by atoms with Crippen molar-refractivity contribution < 1.29 is 9.21 Å². The zero-order valence-electron chi connectivity index (χ0n) is 8.16. The van der Waals surface area contributed by atoms with Gasteiger partial charge in [0, 0.05) is 6.92 Å². The largest absolute Gasteiger partial charge is 0.417 e. The van der Waals surface area contributed by atoms with Gasteiger partial charge in [-0.25, -0.2) is 0 Å². The van der Waals surface area contributed by atoms with Crippen molar-refractivity contribution in [3.63, 3.8) is 0 Å². The van der Waals surface area contributed by atoms with Crippen molar-refractivity contribution in [2.75, 3.05) is 0 Å². The molecule has 0 spiro atoms. The predicted octanol–water partition coefficient (Wildman–Crippen LogP) is 0.410. The van der Waals surface area contributed by atoms with E-state index in [2.05, 4.69) is 15.5 Å². The number of carbonyl (C=O) groups is 1. The molecule has 1 aromatic heterocycles. The van der Waals surface area contributed by atoms with E-state index in [0.29, 0.717) is 5.89 Å². The molecule has 0 aromatic carbocycles. The van der Waals surface area contributed by atoms with Crippen LogP contribution in [0.25, 0.3) is 0 Å². The van der Waals surface area contributed by atoms with Crippen LogP contribution in [0.1, 0.15) is 30.4 Å². The normalized spacial score (nSPS) is 10.7. The van der Waals surface area contributed by atoms with Gasteiger partial charge in [0.1, 0.15) is 5.54 Å². The fourth-order valence-corrected chi connectivity index (χ4v) is 0.754. The SMILES string of the molecule is Cc1nnc(C(=O)NC(C)(C)C#N)o1. The van der Waals surface area contributed by atoms with Crippen LogP contribution in [-0.4, -0.2) is 21.6 Å². The number of nitrogens with zero attached hydrogens (tertiary/aromatic N) is 3. The Kier molecular flexibility index (Phi) is 2.51. The maximum absolute atomic E-state index is 11.4. The molecule has 0 unspecified atom stereocenters. The average Bonchev–Trinajstić information content (AvgIpc) is 2.51. The molecule has 0 radical (unpaired) electrons. The zero-order chi connectivity index (χ0) is 10.8. The number of nitriles is 1. The van der Waals surface area contributed by atoms with Gasteiger partial charge in [0.2, 0.25) is 5.89 Å². The van der Waals surface area contributed by atoms with Crippen molar-refractivity contribution in [3.05, 3.63) is 11.8 Å². The Morgan fingerprint density at radius 2 is 2.21 bits per heavy atom. The van der Waals surface area contributed by atoms with E-state index in [1.165, 1.54) is 0 Å². The van der Waals surface area contributed by atoms with Crippen LogP contribution < -0.4 is 5.32 Å². The quantitative estimate of drug-likeness (QED) is 0.736. The van der Waals surface area contributed by atoms with E-state index < -0.39 is 11.4 Å². The smallest absolute Gasteiger partial charge is 0.310 e. The summed E-state index contributed by atoms with van der Waals surface area (Å²) in [5.41, 5.74) is -0.945. The van der Waals surface area contributed by atoms with Crippen LogP contribution in [0.3, 0.4) is 0 Å². The Labute approximate surface area is 80.9 Å². The van der Waals surface area contributed by atoms with Crippen LogP contribution in [-0.2, 0) is 0 Å². The highest BCUT2D eigenvalue weighted by Crippen LogP contribution is 2.03. The molecule has 1 rings (SSSR count). The van der Waals surface area contributed by atoms with Gasteiger partial charge >= 0.3 is 11.8 Å². The summed E-state index contributed by atoms with van der Waals surface area (Å²) in [4.78, 5) is 11.4. The number of hydrogen-bond acceptors (Lipinski definition) is 5. The fraction of sp³-hybridized carbons (Fsp3) is 0.500. The Morgan fingerprint density at radius 1 is 1.57 bits per heavy atom. The van der Waals surface area contributed by atoms with E-state index in [9.17, 15) is 4.79 Å². The third-order valence-corrected chi connectivity index (χ3v) is 1.43. The van der Waals surface area contributed by atoms with Crippen molar-refractivity contribution in [2.45, 2.75) is 26.3 Å². The molecule has 0 atom stereocenters. The third kappa shape index (κ3) is 2.29. The maximum Gasteiger partial charge on any atom is 0.310 e. The second kappa shape index (κ2) is 3.46. The molecule has 0 aliphatic carbocycles. The Bertz CT molecular complexity index is 388. The summed E-state index contributed by atoms with van der Waals surface area (Å²) in [6.45, 7) is 4.74. The molecule has 1 aromatic rings. The molecular weight excluding hydrogens is 184 g/mol. The Morgan fingerprint density at radius 3 is 2.64 bits per heavy atom. The lowest BCUT2D eigenvalue weighted by molar-refractivity contribution is 0.0892. The molecule has 0 saturated carbocycles. The van der Waals surface area contributed by atoms with Gasteiger partial charge in [0.05, 0.1) is 6.07 Å². The van der Waals surface area contributed by atoms with Crippen molar-refractivity contribution in [1.82, 2.24) is 15.5 Å². The molecule has 0 aliphatic heterocycles. The molecule has 6 heteroatoms. The average molecular weight is 194 g/mol. The van der Waals surface area contributed by atoms with Crippen molar-refractivity contribution in [1.29, 1.82) is 5.26 Å². The standard InChI is InChI=1S/C8H10N4O2/c1-5-11-12-7(14-5)6(13)10-8(2,3)4-9/h1-3H3,(H,10,13). The lowest BCUT2D eigenvalue weighted by Gasteiger charge is -2.15. The number of nitrogens with one attached hydrogen (secondary N) is 1. The highest BCUT2D eigenvalue weighted by Gasteiger charge is 2.23. The minimum Gasteiger partial charge on any atom is -0.417 e. The molecule has 14 heavy (non-hydrogen) atoms. The molecule has 0 bridgehead atoms. The molecule has 0 fully saturated rings. The van der Waals surface area contributed by atoms with Crippen LogP contribution in [0, 0.1) is 18.3 Å². The van der Waals surface area contributed by atoms with Crippen LogP contribution >= 0.6 is 0 Å². The Hall–Kier alpha value is -1.90. The van der Waals surface area contributed by atoms with E-state index in [4.69, 9.17) is 9.68 Å². The van der Waals surface area contributed by atoms with Crippen LogP contribution in [0.2, 0.25) is 0 Å². The summed E-state index contributed by atoms with van der Waals surface area (Å²) >= 11 is 0. The summed E-state index contributed by atoms with van der Waals surface area (Å²) in [5.74, 6) is -0.368. The van der Waals surface area contributed by atoms with E-state index in [0.717, 1.165) is 0 Å². The van der Waals surface area contributed by atoms with Crippen LogP contribution in [0.4, 0.5) is 0 Å². The summed E-state index contributed by atoms with van der Waals surface area (Å²) in [6, 6.07) is 1.93. The minimum atomic E-state index is -0.945. The van der Waals surface area contributed by atoms with E-state index >= 15 is 0 Å². The second-order valence-corrected chi connectivity index (χ2v) is 3.32. The second-order valence-electron chi connectivity index (χ2n) is 3.32. The highest BCUT2D eigenvalue weighted by atomic mass is 16.4. The van der Waals surface area contributed by atoms with Gasteiger partial charge in [-0.05, 0) is 13.8 Å². The lowest BCUT2D eigenvalue weighted by atomic mass is 10.1. The van der Waals surface area contributed by atoms with Gasteiger partial charge in [0.25, 0.3) is 0 Å². The molecule has 0 saturated heterocycles.